The summed E-state index contributed by atoms with van der Waals surface area (Å²) in [7, 11) is 0. The van der Waals surface area contributed by atoms with E-state index in [9.17, 15) is 9.59 Å². The Morgan fingerprint density at radius 2 is 1.88 bits per heavy atom. The number of carbonyl (C=O) groups is 2. The van der Waals surface area contributed by atoms with Crippen molar-refractivity contribution < 1.29 is 14.3 Å². The maximum Gasteiger partial charge on any atom is 0.239 e. The predicted molar refractivity (Wildman–Crippen MR) is 90.0 cm³/mol. The fourth-order valence-electron chi connectivity index (χ4n) is 2.77. The maximum atomic E-state index is 12.3. The highest BCUT2D eigenvalue weighted by molar-refractivity contribution is 6.01. The number of nitrogens with two attached hydrogens (primary N) is 1. The number of nitrogens with one attached hydrogen (secondary N) is 1. The van der Waals surface area contributed by atoms with E-state index < -0.39 is 5.92 Å². The van der Waals surface area contributed by atoms with Crippen molar-refractivity contribution in [3.8, 4) is 5.75 Å². The second-order valence-corrected chi connectivity index (χ2v) is 5.66. The molecule has 2 aromatic rings. The second-order valence-electron chi connectivity index (χ2n) is 5.66. The van der Waals surface area contributed by atoms with Crippen LogP contribution in [0.3, 0.4) is 0 Å². The van der Waals surface area contributed by atoms with Crippen molar-refractivity contribution in [1.29, 1.82) is 0 Å². The van der Waals surface area contributed by atoms with E-state index >= 15 is 0 Å². The van der Waals surface area contributed by atoms with Crippen LogP contribution in [0.25, 0.3) is 0 Å². The fraction of sp³-hybridized carbons (Fsp3) is 0.222. The summed E-state index contributed by atoms with van der Waals surface area (Å²) in [5.74, 6) is 4.91. The number of carbonyl (C=O) groups excluding carboxylic acids is 2. The summed E-state index contributed by atoms with van der Waals surface area (Å²) in [5.41, 5.74) is 3.83. The van der Waals surface area contributed by atoms with Gasteiger partial charge in [-0.15, -0.1) is 0 Å². The van der Waals surface area contributed by atoms with Crippen LogP contribution >= 0.6 is 0 Å². The summed E-state index contributed by atoms with van der Waals surface area (Å²) in [5, 5.41) is 0. The monoisotopic (exact) mass is 325 g/mol. The molecule has 0 radical (unpaired) electrons. The van der Waals surface area contributed by atoms with E-state index in [0.29, 0.717) is 24.6 Å². The molecule has 1 aliphatic heterocycles. The number of benzene rings is 2. The minimum absolute atomic E-state index is 0.112. The summed E-state index contributed by atoms with van der Waals surface area (Å²) >= 11 is 0. The lowest BCUT2D eigenvalue weighted by molar-refractivity contribution is -0.126. The van der Waals surface area contributed by atoms with Gasteiger partial charge in [-0.05, 0) is 17.7 Å². The lowest BCUT2D eigenvalue weighted by Gasteiger charge is -2.20. The molecule has 24 heavy (non-hydrogen) atoms. The van der Waals surface area contributed by atoms with Gasteiger partial charge in [-0.1, -0.05) is 42.5 Å². The van der Waals surface area contributed by atoms with Crippen molar-refractivity contribution in [3.63, 3.8) is 0 Å². The van der Waals surface area contributed by atoms with Crippen LogP contribution in [0.1, 0.15) is 12.0 Å². The van der Waals surface area contributed by atoms with Gasteiger partial charge >= 0.3 is 0 Å². The molecule has 0 saturated carbocycles. The average molecular weight is 325 g/mol. The molecular formula is C18H19N3O3. The normalized spacial score (nSPS) is 17.0. The van der Waals surface area contributed by atoms with Crippen molar-refractivity contribution in [1.82, 2.24) is 5.43 Å². The SMILES string of the molecule is NNC(=O)C1CC(=O)N(c2ccccc2OCc2ccccc2)C1. The van der Waals surface area contributed by atoms with Crippen LogP contribution in [-0.2, 0) is 16.2 Å². The number of anilines is 1. The Labute approximate surface area is 140 Å². The van der Waals surface area contributed by atoms with Crippen molar-refractivity contribution in [3.05, 3.63) is 60.2 Å². The van der Waals surface area contributed by atoms with E-state index in [1.54, 1.807) is 4.90 Å². The highest BCUT2D eigenvalue weighted by Crippen LogP contribution is 2.33. The average Bonchev–Trinajstić information content (AvgIpc) is 3.02. The Balaban J connectivity index is 1.77. The molecule has 0 spiro atoms. The number of hydrazine groups is 1. The predicted octanol–water partition coefficient (Wildman–Crippen LogP) is 1.61. The van der Waals surface area contributed by atoms with E-state index in [-0.39, 0.29) is 18.2 Å². The van der Waals surface area contributed by atoms with E-state index in [1.807, 2.05) is 54.6 Å². The summed E-state index contributed by atoms with van der Waals surface area (Å²) < 4.78 is 5.89. The van der Waals surface area contributed by atoms with Crippen LogP contribution in [0.5, 0.6) is 5.75 Å². The molecule has 0 aliphatic carbocycles. The smallest absolute Gasteiger partial charge is 0.239 e. The minimum atomic E-state index is -0.440. The van der Waals surface area contributed by atoms with Crippen LogP contribution in [-0.4, -0.2) is 18.4 Å². The van der Waals surface area contributed by atoms with Gasteiger partial charge in [-0.2, -0.15) is 0 Å². The minimum Gasteiger partial charge on any atom is -0.487 e. The third-order valence-electron chi connectivity index (χ3n) is 4.03. The molecule has 3 rings (SSSR count). The molecule has 1 heterocycles. The molecule has 1 fully saturated rings. The first kappa shape index (κ1) is 16.0. The van der Waals surface area contributed by atoms with Crippen LogP contribution < -0.4 is 20.9 Å². The zero-order valence-corrected chi connectivity index (χ0v) is 13.1. The number of para-hydroxylation sites is 2. The lowest BCUT2D eigenvalue weighted by Crippen LogP contribution is -2.37. The summed E-state index contributed by atoms with van der Waals surface area (Å²) in [6.45, 7) is 0.709. The number of amides is 2. The number of nitrogens with zero attached hydrogens (tertiary/aromatic N) is 1. The third kappa shape index (κ3) is 3.38. The molecule has 6 nitrogen and oxygen atoms in total. The molecule has 3 N–H and O–H groups in total. The molecule has 1 aliphatic rings. The van der Waals surface area contributed by atoms with Crippen LogP contribution in [0.2, 0.25) is 0 Å². The number of rotatable bonds is 5. The maximum absolute atomic E-state index is 12.3. The lowest BCUT2D eigenvalue weighted by atomic mass is 10.1. The molecule has 0 aromatic heterocycles. The molecule has 0 bridgehead atoms. The Kier molecular flexibility index (Phi) is 4.77. The van der Waals surface area contributed by atoms with Crippen molar-refractivity contribution >= 4 is 17.5 Å². The Hall–Kier alpha value is -2.86. The van der Waals surface area contributed by atoms with Gasteiger partial charge in [0.15, 0.2) is 0 Å². The molecule has 1 unspecified atom stereocenters. The first-order valence-corrected chi connectivity index (χ1v) is 7.75. The van der Waals surface area contributed by atoms with Crippen molar-refractivity contribution in [2.75, 3.05) is 11.4 Å². The topological polar surface area (TPSA) is 84.7 Å². The molecule has 2 amide bonds. The van der Waals surface area contributed by atoms with Gasteiger partial charge in [0, 0.05) is 13.0 Å². The zero-order valence-electron chi connectivity index (χ0n) is 13.1. The highest BCUT2D eigenvalue weighted by atomic mass is 16.5. The van der Waals surface area contributed by atoms with Crippen LogP contribution in [0.4, 0.5) is 5.69 Å². The molecule has 2 aromatic carbocycles. The van der Waals surface area contributed by atoms with Crippen molar-refractivity contribution in [2.24, 2.45) is 11.8 Å². The van der Waals surface area contributed by atoms with E-state index in [2.05, 4.69) is 5.43 Å². The quantitative estimate of drug-likeness (QED) is 0.497. The molecular weight excluding hydrogens is 306 g/mol. The van der Waals surface area contributed by atoms with Gasteiger partial charge in [0.1, 0.15) is 12.4 Å². The van der Waals surface area contributed by atoms with Gasteiger partial charge in [0.2, 0.25) is 11.8 Å². The number of hydrogen-bond donors (Lipinski definition) is 2. The number of hydrogen-bond acceptors (Lipinski definition) is 4. The molecule has 1 atom stereocenters. The summed E-state index contributed by atoms with van der Waals surface area (Å²) in [6.07, 6.45) is 0.149. The van der Waals surface area contributed by atoms with Crippen molar-refractivity contribution in [2.45, 2.75) is 13.0 Å². The molecule has 1 saturated heterocycles. The molecule has 6 heteroatoms. The Bertz CT molecular complexity index is 733. The van der Waals surface area contributed by atoms with E-state index in [0.717, 1.165) is 5.56 Å². The van der Waals surface area contributed by atoms with Gasteiger partial charge in [-0.25, -0.2) is 5.84 Å². The summed E-state index contributed by atoms with van der Waals surface area (Å²) in [6, 6.07) is 17.1. The third-order valence-corrected chi connectivity index (χ3v) is 4.03. The molecule has 124 valence electrons. The highest BCUT2D eigenvalue weighted by Gasteiger charge is 2.35. The van der Waals surface area contributed by atoms with Crippen LogP contribution in [0.15, 0.2) is 54.6 Å². The summed E-state index contributed by atoms with van der Waals surface area (Å²) in [4.78, 5) is 25.6. The second kappa shape index (κ2) is 7.14. The Morgan fingerprint density at radius 3 is 2.62 bits per heavy atom. The van der Waals surface area contributed by atoms with Gasteiger partial charge < -0.3 is 9.64 Å². The zero-order chi connectivity index (χ0) is 16.9. The van der Waals surface area contributed by atoms with E-state index in [4.69, 9.17) is 10.6 Å². The number of ether oxygens (including phenoxy) is 1. The van der Waals surface area contributed by atoms with E-state index in [1.165, 1.54) is 0 Å². The van der Waals surface area contributed by atoms with Crippen LogP contribution in [0, 0.1) is 5.92 Å². The van der Waals surface area contributed by atoms with Gasteiger partial charge in [-0.3, -0.25) is 15.0 Å². The first-order chi connectivity index (χ1) is 11.7. The fourth-order valence-corrected chi connectivity index (χ4v) is 2.77. The standard InChI is InChI=1S/C18H19N3O3/c19-20-18(23)14-10-17(22)21(11-14)15-8-4-5-9-16(15)24-12-13-6-2-1-3-7-13/h1-9,14H,10-12,19H2,(H,20,23). The largest absolute Gasteiger partial charge is 0.487 e. The Morgan fingerprint density at radius 1 is 1.17 bits per heavy atom. The van der Waals surface area contributed by atoms with Gasteiger partial charge in [0.05, 0.1) is 11.6 Å². The first-order valence-electron chi connectivity index (χ1n) is 7.75. The van der Waals surface area contributed by atoms with Gasteiger partial charge in [0.25, 0.3) is 0 Å².